The summed E-state index contributed by atoms with van der Waals surface area (Å²) in [6, 6.07) is 5.53. The predicted molar refractivity (Wildman–Crippen MR) is 66.9 cm³/mol. The Kier molecular flexibility index (Phi) is 4.70. The topological polar surface area (TPSA) is 38.3 Å². The minimum absolute atomic E-state index is 0.169. The molecule has 0 spiro atoms. The van der Waals surface area contributed by atoms with E-state index < -0.39 is 0 Å². The molecule has 0 aromatic heterocycles. The Labute approximate surface area is 106 Å². The van der Waals surface area contributed by atoms with Gasteiger partial charge >= 0.3 is 0 Å². The van der Waals surface area contributed by atoms with E-state index in [-0.39, 0.29) is 11.7 Å². The summed E-state index contributed by atoms with van der Waals surface area (Å²) >= 11 is 0. The van der Waals surface area contributed by atoms with Gasteiger partial charge in [0.25, 0.3) is 5.91 Å². The average molecular weight is 251 g/mol. The molecule has 4 heteroatoms. The zero-order valence-corrected chi connectivity index (χ0v) is 10.3. The molecule has 1 aliphatic rings. The number of benzene rings is 1. The van der Waals surface area contributed by atoms with Crippen LogP contribution in [0.2, 0.25) is 0 Å². The number of hydrogen-bond acceptors (Lipinski definition) is 2. The number of hydrogen-bond donors (Lipinski definition) is 1. The van der Waals surface area contributed by atoms with Gasteiger partial charge in [0.2, 0.25) is 0 Å². The highest BCUT2D eigenvalue weighted by Gasteiger charge is 2.20. The Morgan fingerprint density at radius 2 is 2.06 bits per heavy atom. The van der Waals surface area contributed by atoms with Gasteiger partial charge in [0, 0.05) is 25.3 Å². The van der Waals surface area contributed by atoms with Gasteiger partial charge in [-0.2, -0.15) is 0 Å². The molecule has 18 heavy (non-hydrogen) atoms. The van der Waals surface area contributed by atoms with Gasteiger partial charge in [0.1, 0.15) is 5.82 Å². The van der Waals surface area contributed by atoms with Crippen molar-refractivity contribution in [3.05, 3.63) is 35.6 Å². The number of amides is 1. The van der Waals surface area contributed by atoms with Crippen LogP contribution in [-0.2, 0) is 4.74 Å². The zero-order chi connectivity index (χ0) is 12.8. The molecule has 1 aliphatic carbocycles. The number of halogens is 1. The standard InChI is InChI=1S/C14H18FNO2/c15-13-6-4-12(5-7-13)14(17)16-8-1-9-18-10-11-2-3-11/h4-7,11H,1-3,8-10H2,(H,16,17). The molecule has 1 saturated carbocycles. The van der Waals surface area contributed by atoms with Crippen LogP contribution in [0.15, 0.2) is 24.3 Å². The van der Waals surface area contributed by atoms with Gasteiger partial charge in [-0.25, -0.2) is 4.39 Å². The second-order valence-corrected chi connectivity index (χ2v) is 4.63. The minimum atomic E-state index is -0.333. The molecule has 1 N–H and O–H groups in total. The maximum atomic E-state index is 12.7. The molecular formula is C14H18FNO2. The van der Waals surface area contributed by atoms with Crippen LogP contribution in [0.4, 0.5) is 4.39 Å². The van der Waals surface area contributed by atoms with Crippen molar-refractivity contribution in [1.82, 2.24) is 5.32 Å². The number of nitrogens with one attached hydrogen (secondary N) is 1. The molecule has 0 saturated heterocycles. The fourth-order valence-electron chi connectivity index (χ4n) is 1.61. The van der Waals surface area contributed by atoms with E-state index in [0.29, 0.717) is 18.7 Å². The van der Waals surface area contributed by atoms with Crippen molar-refractivity contribution in [2.75, 3.05) is 19.8 Å². The summed E-state index contributed by atoms with van der Waals surface area (Å²) in [5.74, 6) is 0.274. The Morgan fingerprint density at radius 1 is 1.33 bits per heavy atom. The second-order valence-electron chi connectivity index (χ2n) is 4.63. The third-order valence-corrected chi connectivity index (χ3v) is 2.91. The van der Waals surface area contributed by atoms with Gasteiger partial charge in [-0.3, -0.25) is 4.79 Å². The first-order chi connectivity index (χ1) is 8.75. The van der Waals surface area contributed by atoms with E-state index in [1.165, 1.54) is 37.1 Å². The van der Waals surface area contributed by atoms with E-state index in [1.54, 1.807) is 0 Å². The van der Waals surface area contributed by atoms with Gasteiger partial charge in [-0.05, 0) is 49.4 Å². The van der Waals surface area contributed by atoms with Crippen LogP contribution in [0.5, 0.6) is 0 Å². The van der Waals surface area contributed by atoms with Crippen LogP contribution in [0.3, 0.4) is 0 Å². The third kappa shape index (κ3) is 4.45. The lowest BCUT2D eigenvalue weighted by molar-refractivity contribution is 0.0937. The number of ether oxygens (including phenoxy) is 1. The van der Waals surface area contributed by atoms with Crippen LogP contribution in [-0.4, -0.2) is 25.7 Å². The lowest BCUT2D eigenvalue weighted by atomic mass is 10.2. The molecule has 3 nitrogen and oxygen atoms in total. The number of carbonyl (C=O) groups is 1. The summed E-state index contributed by atoms with van der Waals surface area (Å²) < 4.78 is 18.1. The van der Waals surface area contributed by atoms with Gasteiger partial charge < -0.3 is 10.1 Å². The van der Waals surface area contributed by atoms with Crippen molar-refractivity contribution in [3.63, 3.8) is 0 Å². The van der Waals surface area contributed by atoms with Crippen LogP contribution in [0.25, 0.3) is 0 Å². The highest BCUT2D eigenvalue weighted by Crippen LogP contribution is 2.28. The Balaban J connectivity index is 1.57. The molecule has 98 valence electrons. The first kappa shape index (κ1) is 13.0. The highest BCUT2D eigenvalue weighted by atomic mass is 19.1. The first-order valence-corrected chi connectivity index (χ1v) is 6.37. The second kappa shape index (κ2) is 6.50. The zero-order valence-electron chi connectivity index (χ0n) is 10.3. The van der Waals surface area contributed by atoms with Gasteiger partial charge in [-0.1, -0.05) is 0 Å². The molecule has 2 rings (SSSR count). The van der Waals surface area contributed by atoms with Gasteiger partial charge in [0.15, 0.2) is 0 Å². The summed E-state index contributed by atoms with van der Waals surface area (Å²) in [6.07, 6.45) is 3.39. The van der Waals surface area contributed by atoms with Crippen molar-refractivity contribution < 1.29 is 13.9 Å². The highest BCUT2D eigenvalue weighted by molar-refractivity contribution is 5.94. The van der Waals surface area contributed by atoms with Crippen molar-refractivity contribution in [3.8, 4) is 0 Å². The van der Waals surface area contributed by atoms with E-state index in [2.05, 4.69) is 5.32 Å². The molecule has 0 unspecified atom stereocenters. The fraction of sp³-hybridized carbons (Fsp3) is 0.500. The summed E-state index contributed by atoms with van der Waals surface area (Å²) in [5.41, 5.74) is 0.482. The predicted octanol–water partition coefficient (Wildman–Crippen LogP) is 2.37. The van der Waals surface area contributed by atoms with Crippen molar-refractivity contribution in [1.29, 1.82) is 0 Å². The van der Waals surface area contributed by atoms with Crippen LogP contribution in [0.1, 0.15) is 29.6 Å². The lowest BCUT2D eigenvalue weighted by Crippen LogP contribution is -2.25. The molecule has 1 amide bonds. The van der Waals surface area contributed by atoms with Crippen LogP contribution in [0, 0.1) is 11.7 Å². The molecule has 1 aromatic carbocycles. The van der Waals surface area contributed by atoms with E-state index in [0.717, 1.165) is 18.9 Å². The SMILES string of the molecule is O=C(NCCCOCC1CC1)c1ccc(F)cc1. The Hall–Kier alpha value is -1.42. The molecule has 1 fully saturated rings. The van der Waals surface area contributed by atoms with E-state index in [9.17, 15) is 9.18 Å². The van der Waals surface area contributed by atoms with E-state index >= 15 is 0 Å². The van der Waals surface area contributed by atoms with Crippen LogP contribution >= 0.6 is 0 Å². The minimum Gasteiger partial charge on any atom is -0.381 e. The summed E-state index contributed by atoms with van der Waals surface area (Å²) in [7, 11) is 0. The van der Waals surface area contributed by atoms with Crippen LogP contribution < -0.4 is 5.32 Å². The molecule has 0 heterocycles. The smallest absolute Gasteiger partial charge is 0.251 e. The van der Waals surface area contributed by atoms with E-state index in [4.69, 9.17) is 4.74 Å². The van der Waals surface area contributed by atoms with Gasteiger partial charge in [0.05, 0.1) is 0 Å². The molecule has 0 aliphatic heterocycles. The number of carbonyl (C=O) groups excluding carboxylic acids is 1. The Morgan fingerprint density at radius 3 is 2.72 bits per heavy atom. The molecule has 0 bridgehead atoms. The van der Waals surface area contributed by atoms with Gasteiger partial charge in [-0.15, -0.1) is 0 Å². The molecule has 0 radical (unpaired) electrons. The Bertz CT molecular complexity index is 387. The molecular weight excluding hydrogens is 233 g/mol. The van der Waals surface area contributed by atoms with Crippen molar-refractivity contribution in [2.24, 2.45) is 5.92 Å². The average Bonchev–Trinajstić information content (AvgIpc) is 3.18. The maximum absolute atomic E-state index is 12.7. The third-order valence-electron chi connectivity index (χ3n) is 2.91. The number of rotatable bonds is 7. The van der Waals surface area contributed by atoms with Crippen molar-refractivity contribution >= 4 is 5.91 Å². The largest absolute Gasteiger partial charge is 0.381 e. The normalized spacial score (nSPS) is 14.5. The van der Waals surface area contributed by atoms with Crippen molar-refractivity contribution in [2.45, 2.75) is 19.3 Å². The molecule has 0 atom stereocenters. The summed E-state index contributed by atoms with van der Waals surface area (Å²) in [6.45, 7) is 2.12. The first-order valence-electron chi connectivity index (χ1n) is 6.37. The summed E-state index contributed by atoms with van der Waals surface area (Å²) in [5, 5.41) is 2.78. The van der Waals surface area contributed by atoms with E-state index in [1.807, 2.05) is 0 Å². The molecule has 1 aromatic rings. The fourth-order valence-corrected chi connectivity index (χ4v) is 1.61. The summed E-state index contributed by atoms with van der Waals surface area (Å²) in [4.78, 5) is 11.6. The lowest BCUT2D eigenvalue weighted by Gasteiger charge is -2.06. The monoisotopic (exact) mass is 251 g/mol. The quantitative estimate of drug-likeness (QED) is 0.755. The maximum Gasteiger partial charge on any atom is 0.251 e.